The van der Waals surface area contributed by atoms with Gasteiger partial charge in [-0.25, -0.2) is 0 Å². The maximum Gasteiger partial charge on any atom is 0.322 e. The smallest absolute Gasteiger partial charge is 0.322 e. The molecule has 0 aliphatic carbocycles. The molecule has 0 spiro atoms. The Labute approximate surface area is 149 Å². The highest BCUT2D eigenvalue weighted by molar-refractivity contribution is 7.99. The summed E-state index contributed by atoms with van der Waals surface area (Å²) in [7, 11) is 0. The number of nitrogens with zero attached hydrogens (tertiary/aromatic N) is 2. The molecule has 1 atom stereocenters. The Balaban J connectivity index is 1.37. The Morgan fingerprint density at radius 3 is 2.92 bits per heavy atom. The van der Waals surface area contributed by atoms with Crippen LogP contribution < -0.4 is 5.32 Å². The first-order valence-electron chi connectivity index (χ1n) is 7.84. The molecule has 1 fully saturated rings. The van der Waals surface area contributed by atoms with Gasteiger partial charge in [0.25, 0.3) is 0 Å². The minimum absolute atomic E-state index is 0.130. The van der Waals surface area contributed by atoms with E-state index in [1.54, 1.807) is 11.8 Å². The first kappa shape index (κ1) is 17.3. The minimum Gasteiger partial charge on any atom is -0.405 e. The van der Waals surface area contributed by atoms with Crippen molar-refractivity contribution in [3.8, 4) is 0 Å². The summed E-state index contributed by atoms with van der Waals surface area (Å²) in [6, 6.07) is 7.79. The summed E-state index contributed by atoms with van der Waals surface area (Å²) in [6.07, 6.45) is 2.88. The van der Waals surface area contributed by atoms with Gasteiger partial charge < -0.3 is 9.15 Å². The number of nitrogens with one attached hydrogen (secondary N) is 1. The Morgan fingerprint density at radius 1 is 1.33 bits per heavy atom. The van der Waals surface area contributed by atoms with E-state index < -0.39 is 0 Å². The SMILES string of the molecule is O=C(CCCSc1ccc(Cl)cc1)Nc1nnc(C2CCCO2)o1. The van der Waals surface area contributed by atoms with Crippen LogP contribution in [-0.2, 0) is 9.53 Å². The molecule has 6 nitrogen and oxygen atoms in total. The molecule has 128 valence electrons. The average molecular weight is 368 g/mol. The quantitative estimate of drug-likeness (QED) is 0.586. The number of aromatic nitrogens is 2. The Morgan fingerprint density at radius 2 is 2.17 bits per heavy atom. The van der Waals surface area contributed by atoms with E-state index in [0.717, 1.165) is 34.9 Å². The van der Waals surface area contributed by atoms with Gasteiger partial charge >= 0.3 is 6.01 Å². The molecule has 24 heavy (non-hydrogen) atoms. The van der Waals surface area contributed by atoms with Crippen LogP contribution >= 0.6 is 23.4 Å². The van der Waals surface area contributed by atoms with Crippen LogP contribution in [0.1, 0.15) is 37.7 Å². The molecule has 1 saturated heterocycles. The summed E-state index contributed by atoms with van der Waals surface area (Å²) in [4.78, 5) is 13.0. The first-order valence-corrected chi connectivity index (χ1v) is 9.20. The number of carbonyl (C=O) groups is 1. The average Bonchev–Trinajstić information content (AvgIpc) is 3.24. The van der Waals surface area contributed by atoms with Crippen molar-refractivity contribution in [2.45, 2.75) is 36.7 Å². The second-order valence-corrected chi connectivity index (χ2v) is 7.01. The lowest BCUT2D eigenvalue weighted by atomic mass is 10.2. The summed E-state index contributed by atoms with van der Waals surface area (Å²) in [5.74, 6) is 1.15. The van der Waals surface area contributed by atoms with Gasteiger partial charge in [-0.3, -0.25) is 10.1 Å². The van der Waals surface area contributed by atoms with Crippen LogP contribution in [0.5, 0.6) is 0 Å². The largest absolute Gasteiger partial charge is 0.405 e. The van der Waals surface area contributed by atoms with E-state index in [1.807, 2.05) is 24.3 Å². The summed E-state index contributed by atoms with van der Waals surface area (Å²) < 4.78 is 10.9. The number of benzene rings is 1. The van der Waals surface area contributed by atoms with Crippen LogP contribution in [0.2, 0.25) is 5.02 Å². The number of thioether (sulfide) groups is 1. The van der Waals surface area contributed by atoms with Gasteiger partial charge in [-0.2, -0.15) is 0 Å². The van der Waals surface area contributed by atoms with Crippen molar-refractivity contribution < 1.29 is 13.9 Å². The van der Waals surface area contributed by atoms with E-state index in [1.165, 1.54) is 0 Å². The number of amides is 1. The highest BCUT2D eigenvalue weighted by Crippen LogP contribution is 2.28. The fourth-order valence-electron chi connectivity index (χ4n) is 2.32. The number of halogens is 1. The monoisotopic (exact) mass is 367 g/mol. The van der Waals surface area contributed by atoms with Crippen LogP contribution in [0.15, 0.2) is 33.6 Å². The second kappa shape index (κ2) is 8.50. The number of carbonyl (C=O) groups excluding carboxylic acids is 1. The fraction of sp³-hybridized carbons (Fsp3) is 0.438. The van der Waals surface area contributed by atoms with E-state index in [-0.39, 0.29) is 18.0 Å². The lowest BCUT2D eigenvalue weighted by Crippen LogP contribution is -2.11. The minimum atomic E-state index is -0.140. The van der Waals surface area contributed by atoms with Gasteiger partial charge in [-0.15, -0.1) is 16.9 Å². The summed E-state index contributed by atoms with van der Waals surface area (Å²) >= 11 is 7.54. The van der Waals surface area contributed by atoms with Crippen LogP contribution in [0.25, 0.3) is 0 Å². The van der Waals surface area contributed by atoms with Gasteiger partial charge in [-0.1, -0.05) is 16.7 Å². The molecule has 8 heteroatoms. The van der Waals surface area contributed by atoms with Crippen LogP contribution in [0.3, 0.4) is 0 Å². The zero-order valence-corrected chi connectivity index (χ0v) is 14.6. The predicted molar refractivity (Wildman–Crippen MR) is 92.3 cm³/mol. The van der Waals surface area contributed by atoms with Gasteiger partial charge in [0, 0.05) is 22.9 Å². The number of rotatable bonds is 7. The number of anilines is 1. The third-order valence-electron chi connectivity index (χ3n) is 3.52. The van der Waals surface area contributed by atoms with Crippen molar-refractivity contribution in [3.05, 3.63) is 35.2 Å². The molecule has 2 heterocycles. The molecule has 3 rings (SSSR count). The van der Waals surface area contributed by atoms with E-state index in [4.69, 9.17) is 20.8 Å². The lowest BCUT2D eigenvalue weighted by Gasteiger charge is -2.03. The summed E-state index contributed by atoms with van der Waals surface area (Å²) in [5, 5.41) is 11.1. The predicted octanol–water partition coefficient (Wildman–Crippen LogP) is 4.09. The van der Waals surface area contributed by atoms with Crippen LogP contribution in [0, 0.1) is 0 Å². The maximum atomic E-state index is 11.9. The van der Waals surface area contributed by atoms with Gasteiger partial charge in [0.1, 0.15) is 6.10 Å². The molecule has 1 aliphatic heterocycles. The van der Waals surface area contributed by atoms with Crippen molar-refractivity contribution in [3.63, 3.8) is 0 Å². The fourth-order valence-corrected chi connectivity index (χ4v) is 3.30. The zero-order valence-electron chi connectivity index (χ0n) is 13.0. The molecule has 0 saturated carbocycles. The Kier molecular flexibility index (Phi) is 6.12. The third kappa shape index (κ3) is 4.96. The van der Waals surface area contributed by atoms with Crippen molar-refractivity contribution in [1.29, 1.82) is 0 Å². The second-order valence-electron chi connectivity index (χ2n) is 5.40. The maximum absolute atomic E-state index is 11.9. The molecule has 1 amide bonds. The van der Waals surface area contributed by atoms with Crippen LogP contribution in [-0.4, -0.2) is 28.5 Å². The molecular formula is C16H18ClN3O3S. The van der Waals surface area contributed by atoms with Crippen molar-refractivity contribution >= 4 is 35.3 Å². The lowest BCUT2D eigenvalue weighted by molar-refractivity contribution is -0.116. The van der Waals surface area contributed by atoms with Gasteiger partial charge in [-0.05, 0) is 49.3 Å². The molecule has 1 aliphatic rings. The van der Waals surface area contributed by atoms with Gasteiger partial charge in [0.2, 0.25) is 11.8 Å². The van der Waals surface area contributed by atoms with Gasteiger partial charge in [0.15, 0.2) is 0 Å². The molecule has 1 aromatic heterocycles. The summed E-state index contributed by atoms with van der Waals surface area (Å²) in [6.45, 7) is 0.708. The van der Waals surface area contributed by atoms with Crippen molar-refractivity contribution in [2.24, 2.45) is 0 Å². The number of ether oxygens (including phenoxy) is 1. The molecular weight excluding hydrogens is 350 g/mol. The Bertz CT molecular complexity index is 671. The van der Waals surface area contributed by atoms with Crippen LogP contribution in [0.4, 0.5) is 6.01 Å². The van der Waals surface area contributed by atoms with E-state index in [9.17, 15) is 4.79 Å². The summed E-state index contributed by atoms with van der Waals surface area (Å²) in [5.41, 5.74) is 0. The first-order chi connectivity index (χ1) is 11.7. The van der Waals surface area contributed by atoms with Gasteiger partial charge in [0.05, 0.1) is 0 Å². The van der Waals surface area contributed by atoms with Crippen molar-refractivity contribution in [2.75, 3.05) is 17.7 Å². The zero-order chi connectivity index (χ0) is 16.8. The van der Waals surface area contributed by atoms with E-state index in [2.05, 4.69) is 15.5 Å². The third-order valence-corrected chi connectivity index (χ3v) is 4.87. The normalized spacial score (nSPS) is 17.1. The highest BCUT2D eigenvalue weighted by atomic mass is 35.5. The molecule has 0 bridgehead atoms. The van der Waals surface area contributed by atoms with Crippen molar-refractivity contribution in [1.82, 2.24) is 10.2 Å². The topological polar surface area (TPSA) is 77.2 Å². The molecule has 1 N–H and O–H groups in total. The van der Waals surface area contributed by atoms with E-state index >= 15 is 0 Å². The van der Waals surface area contributed by atoms with E-state index in [0.29, 0.717) is 18.9 Å². The standard InChI is InChI=1S/C16H18ClN3O3S/c17-11-5-7-12(8-6-11)24-10-2-4-14(21)18-16-20-19-15(23-16)13-3-1-9-22-13/h5-8,13H,1-4,9-10H2,(H,18,20,21). The molecule has 0 radical (unpaired) electrons. The molecule has 1 aromatic carbocycles. The molecule has 1 unspecified atom stereocenters. The number of hydrogen-bond donors (Lipinski definition) is 1. The molecule has 2 aromatic rings. The number of hydrogen-bond acceptors (Lipinski definition) is 6. The highest BCUT2D eigenvalue weighted by Gasteiger charge is 2.23. The Hall–Kier alpha value is -1.57.